The van der Waals surface area contributed by atoms with Crippen molar-refractivity contribution in [3.8, 4) is 0 Å². The summed E-state index contributed by atoms with van der Waals surface area (Å²) in [6.45, 7) is 3.15. The molecule has 1 aromatic carbocycles. The lowest BCUT2D eigenvalue weighted by molar-refractivity contribution is -0.117. The number of aryl methyl sites for hydroxylation is 1. The van der Waals surface area contributed by atoms with Crippen LogP contribution in [-0.4, -0.2) is 20.4 Å². The quantitative estimate of drug-likeness (QED) is 0.745. The minimum atomic E-state index is -3.79. The molecule has 1 unspecified atom stereocenters. The van der Waals surface area contributed by atoms with Crippen molar-refractivity contribution in [2.24, 2.45) is 10.9 Å². The predicted molar refractivity (Wildman–Crippen MR) is 72.1 cm³/mol. The first kappa shape index (κ1) is 16.9. The van der Waals surface area contributed by atoms with Crippen LogP contribution < -0.4 is 16.2 Å². The Bertz CT molecular complexity index is 543. The average Bonchev–Trinajstić information content (AvgIpc) is 2.19. The van der Waals surface area contributed by atoms with Crippen LogP contribution in [0.25, 0.3) is 0 Å². The van der Waals surface area contributed by atoms with E-state index in [-0.39, 0.29) is 17.3 Å². The molecule has 1 rings (SSSR count). The molecule has 8 heteroatoms. The van der Waals surface area contributed by atoms with Gasteiger partial charge in [0.2, 0.25) is 15.9 Å². The summed E-state index contributed by atoms with van der Waals surface area (Å²) in [5.74, 6) is -0.394. The smallest absolute Gasteiger partial charge is 0.240 e. The molecule has 0 aromatic heterocycles. The number of benzene rings is 1. The number of sulfonamides is 1. The zero-order valence-corrected chi connectivity index (χ0v) is 11.6. The van der Waals surface area contributed by atoms with Crippen LogP contribution in [0, 0.1) is 6.92 Å². The number of nitrogens with one attached hydrogen (secondary N) is 1. The number of nitrogens with two attached hydrogens (primary N) is 2. The molecular formula is C10H16ClN3O3S. The van der Waals surface area contributed by atoms with Crippen LogP contribution in [0.1, 0.15) is 12.5 Å². The van der Waals surface area contributed by atoms with Gasteiger partial charge in [0, 0.05) is 5.69 Å². The standard InChI is InChI=1S/C10H15N3O3S.ClH/c1-6-3-4-8(13-10(14)7(2)11)5-9(6)17(12,15)16;/h3-5,7H,11H2,1-2H3,(H,13,14)(H2,12,15,16);1H. The molecule has 1 atom stereocenters. The van der Waals surface area contributed by atoms with Crippen molar-refractivity contribution < 1.29 is 13.2 Å². The Morgan fingerprint density at radius 3 is 2.39 bits per heavy atom. The zero-order chi connectivity index (χ0) is 13.2. The van der Waals surface area contributed by atoms with Crippen molar-refractivity contribution in [3.63, 3.8) is 0 Å². The van der Waals surface area contributed by atoms with Crippen molar-refractivity contribution in [2.45, 2.75) is 24.8 Å². The molecule has 0 aliphatic rings. The topological polar surface area (TPSA) is 115 Å². The highest BCUT2D eigenvalue weighted by molar-refractivity contribution is 7.89. The van der Waals surface area contributed by atoms with E-state index in [9.17, 15) is 13.2 Å². The molecule has 0 fully saturated rings. The molecule has 5 N–H and O–H groups in total. The van der Waals surface area contributed by atoms with Gasteiger partial charge in [0.1, 0.15) is 0 Å². The Labute approximate surface area is 112 Å². The zero-order valence-electron chi connectivity index (χ0n) is 10.0. The molecule has 1 aromatic rings. The van der Waals surface area contributed by atoms with Crippen LogP contribution >= 0.6 is 12.4 Å². The maximum atomic E-state index is 11.3. The molecule has 0 bridgehead atoms. The molecule has 0 saturated carbocycles. The monoisotopic (exact) mass is 293 g/mol. The number of primary sulfonamides is 1. The van der Waals surface area contributed by atoms with Gasteiger partial charge in [0.25, 0.3) is 0 Å². The molecule has 6 nitrogen and oxygen atoms in total. The van der Waals surface area contributed by atoms with Gasteiger partial charge >= 0.3 is 0 Å². The summed E-state index contributed by atoms with van der Waals surface area (Å²) in [5.41, 5.74) is 6.25. The van der Waals surface area contributed by atoms with Crippen molar-refractivity contribution in [3.05, 3.63) is 23.8 Å². The molecule has 18 heavy (non-hydrogen) atoms. The van der Waals surface area contributed by atoms with Crippen molar-refractivity contribution in [1.29, 1.82) is 0 Å². The maximum absolute atomic E-state index is 11.3. The van der Waals surface area contributed by atoms with Gasteiger partial charge in [-0.2, -0.15) is 0 Å². The Morgan fingerprint density at radius 1 is 1.39 bits per heavy atom. The third kappa shape index (κ3) is 4.26. The largest absolute Gasteiger partial charge is 0.325 e. The van der Waals surface area contributed by atoms with Gasteiger partial charge in [0.05, 0.1) is 10.9 Å². The van der Waals surface area contributed by atoms with Crippen molar-refractivity contribution >= 4 is 34.0 Å². The van der Waals surface area contributed by atoms with E-state index in [1.165, 1.54) is 13.0 Å². The van der Waals surface area contributed by atoms with Gasteiger partial charge in [-0.3, -0.25) is 4.79 Å². The van der Waals surface area contributed by atoms with Crippen molar-refractivity contribution in [1.82, 2.24) is 0 Å². The third-order valence-corrected chi connectivity index (χ3v) is 3.23. The van der Waals surface area contributed by atoms with Crippen LogP contribution in [0.5, 0.6) is 0 Å². The minimum absolute atomic E-state index is 0. The maximum Gasteiger partial charge on any atom is 0.240 e. The number of anilines is 1. The molecule has 0 aliphatic heterocycles. The Morgan fingerprint density at radius 2 is 1.94 bits per heavy atom. The highest BCUT2D eigenvalue weighted by atomic mass is 35.5. The van der Waals surface area contributed by atoms with E-state index in [4.69, 9.17) is 10.9 Å². The number of hydrogen-bond donors (Lipinski definition) is 3. The number of rotatable bonds is 3. The minimum Gasteiger partial charge on any atom is -0.325 e. The second-order valence-corrected chi connectivity index (χ2v) is 5.33. The lowest BCUT2D eigenvalue weighted by Gasteiger charge is -2.10. The average molecular weight is 294 g/mol. The summed E-state index contributed by atoms with van der Waals surface area (Å²) in [6, 6.07) is 3.79. The molecule has 102 valence electrons. The first-order valence-electron chi connectivity index (χ1n) is 4.91. The lowest BCUT2D eigenvalue weighted by Crippen LogP contribution is -2.32. The molecule has 0 aliphatic carbocycles. The van der Waals surface area contributed by atoms with Gasteiger partial charge in [-0.1, -0.05) is 6.07 Å². The van der Waals surface area contributed by atoms with E-state index >= 15 is 0 Å². The van der Waals surface area contributed by atoms with Crippen LogP contribution in [0.4, 0.5) is 5.69 Å². The van der Waals surface area contributed by atoms with E-state index in [1.54, 1.807) is 19.1 Å². The first-order chi connectivity index (χ1) is 7.71. The molecule has 0 heterocycles. The lowest BCUT2D eigenvalue weighted by atomic mass is 10.2. The van der Waals surface area contributed by atoms with Gasteiger partial charge < -0.3 is 11.1 Å². The van der Waals surface area contributed by atoms with Gasteiger partial charge in [0.15, 0.2) is 0 Å². The molecule has 0 spiro atoms. The fourth-order valence-corrected chi connectivity index (χ4v) is 2.05. The molecule has 0 radical (unpaired) electrons. The number of hydrogen-bond acceptors (Lipinski definition) is 4. The fraction of sp³-hybridized carbons (Fsp3) is 0.300. The van der Waals surface area contributed by atoms with Crippen molar-refractivity contribution in [2.75, 3.05) is 5.32 Å². The predicted octanol–water partition coefficient (Wildman–Crippen LogP) is 0.350. The second kappa shape index (κ2) is 6.14. The SMILES string of the molecule is Cc1ccc(NC(=O)C(C)N)cc1S(N)(=O)=O.Cl. The summed E-state index contributed by atoms with van der Waals surface area (Å²) in [6.07, 6.45) is 0. The van der Waals surface area contributed by atoms with Gasteiger partial charge in [-0.25, -0.2) is 13.6 Å². The molecule has 0 saturated heterocycles. The third-order valence-electron chi connectivity index (χ3n) is 2.18. The second-order valence-electron chi connectivity index (χ2n) is 3.80. The highest BCUT2D eigenvalue weighted by Crippen LogP contribution is 2.18. The van der Waals surface area contributed by atoms with E-state index in [0.717, 1.165) is 0 Å². The van der Waals surface area contributed by atoms with Crippen LogP contribution in [0.15, 0.2) is 23.1 Å². The van der Waals surface area contributed by atoms with Gasteiger partial charge in [-0.15, -0.1) is 12.4 Å². The van der Waals surface area contributed by atoms with E-state index in [0.29, 0.717) is 11.3 Å². The first-order valence-corrected chi connectivity index (χ1v) is 6.46. The van der Waals surface area contributed by atoms with E-state index in [1.807, 2.05) is 0 Å². The summed E-state index contributed by atoms with van der Waals surface area (Å²) in [7, 11) is -3.79. The Hall–Kier alpha value is -1.15. The van der Waals surface area contributed by atoms with Crippen LogP contribution in [0.2, 0.25) is 0 Å². The molecular weight excluding hydrogens is 278 g/mol. The molecule has 1 amide bonds. The summed E-state index contributed by atoms with van der Waals surface area (Å²) >= 11 is 0. The highest BCUT2D eigenvalue weighted by Gasteiger charge is 2.14. The summed E-state index contributed by atoms with van der Waals surface area (Å²) < 4.78 is 22.5. The van der Waals surface area contributed by atoms with E-state index < -0.39 is 22.0 Å². The Balaban J connectivity index is 0.00000289. The van der Waals surface area contributed by atoms with Crippen LogP contribution in [-0.2, 0) is 14.8 Å². The summed E-state index contributed by atoms with van der Waals surface area (Å²) in [5, 5.41) is 7.55. The fourth-order valence-electron chi connectivity index (χ4n) is 1.24. The number of halogens is 1. The Kier molecular flexibility index (Phi) is 5.75. The summed E-state index contributed by atoms with van der Waals surface area (Å²) in [4.78, 5) is 11.3. The van der Waals surface area contributed by atoms with Crippen LogP contribution in [0.3, 0.4) is 0 Å². The number of amides is 1. The van der Waals surface area contributed by atoms with Gasteiger partial charge in [-0.05, 0) is 31.5 Å². The normalized spacial score (nSPS) is 12.4. The van der Waals surface area contributed by atoms with E-state index in [2.05, 4.69) is 5.32 Å². The number of carbonyl (C=O) groups is 1. The number of carbonyl (C=O) groups excluding carboxylic acids is 1.